The quantitative estimate of drug-likeness (QED) is 0.405. The smallest absolute Gasteiger partial charge is 0.320 e. The molecule has 1 aromatic heterocycles. The van der Waals surface area contributed by atoms with E-state index in [4.69, 9.17) is 0 Å². The average Bonchev–Trinajstić information content (AvgIpc) is 3.80. The molecular formula is C34H38F3N5O3. The Kier molecular flexibility index (Phi) is 7.81. The van der Waals surface area contributed by atoms with Gasteiger partial charge in [-0.1, -0.05) is 12.8 Å². The molecule has 8 nitrogen and oxygen atoms in total. The van der Waals surface area contributed by atoms with Crippen LogP contribution in [0, 0.1) is 34.7 Å². The van der Waals surface area contributed by atoms with Crippen molar-refractivity contribution in [2.45, 2.75) is 76.4 Å². The standard InChI is InChI=1S/C34H38F3N5O3/c35-23-5-7-28(37)26(15-23)30-17-25(39-31(43)21-3-4-21)10-14-42(30)33(45)40-13-9-22(34(19-40)11-1-2-12-34)18-41-20-38-29-8-6-24(36)16-27(29)32(41)44/h5-8,15-16,20-22,25,30H,1-4,9-14,17-19H2,(H,39,43)/t22-,25+,30-/m0/s1. The molecular weight excluding hydrogens is 583 g/mol. The summed E-state index contributed by atoms with van der Waals surface area (Å²) in [6.45, 7) is 1.73. The number of nitrogens with one attached hydrogen (secondary N) is 1. The molecule has 45 heavy (non-hydrogen) atoms. The fourth-order valence-corrected chi connectivity index (χ4v) is 8.03. The maximum absolute atomic E-state index is 15.2. The van der Waals surface area contributed by atoms with Crippen LogP contribution in [-0.4, -0.2) is 57.0 Å². The van der Waals surface area contributed by atoms with Gasteiger partial charge in [0, 0.05) is 43.7 Å². The van der Waals surface area contributed by atoms with E-state index in [0.29, 0.717) is 51.0 Å². The van der Waals surface area contributed by atoms with Gasteiger partial charge in [-0.25, -0.2) is 22.9 Å². The van der Waals surface area contributed by atoms with Crippen LogP contribution in [0.1, 0.15) is 69.4 Å². The van der Waals surface area contributed by atoms with Crippen LogP contribution in [0.2, 0.25) is 0 Å². The van der Waals surface area contributed by atoms with E-state index in [1.807, 2.05) is 4.90 Å². The number of amides is 3. The third-order valence-corrected chi connectivity index (χ3v) is 10.7. The Balaban J connectivity index is 1.12. The number of rotatable bonds is 5. The van der Waals surface area contributed by atoms with Gasteiger partial charge in [0.25, 0.3) is 5.56 Å². The Morgan fingerprint density at radius 3 is 2.49 bits per heavy atom. The number of benzene rings is 2. The van der Waals surface area contributed by atoms with Gasteiger partial charge in [-0.05, 0) is 92.7 Å². The van der Waals surface area contributed by atoms with E-state index in [0.717, 1.165) is 56.7 Å². The SMILES string of the molecule is O=C(N[C@@H]1CCN(C(=O)N2CC[C@@H](Cn3cnc4ccc(F)cc4c3=O)C3(CCCC3)C2)[C@H](c2cc(F)ccc2F)C1)C1CC1. The number of hydrogen-bond acceptors (Lipinski definition) is 4. The van der Waals surface area contributed by atoms with Gasteiger partial charge >= 0.3 is 6.03 Å². The summed E-state index contributed by atoms with van der Waals surface area (Å²) in [6, 6.07) is 6.20. The molecule has 3 amide bonds. The predicted octanol–water partition coefficient (Wildman–Crippen LogP) is 5.55. The first kappa shape index (κ1) is 29.8. The minimum atomic E-state index is -0.716. The number of likely N-dealkylation sites (tertiary alicyclic amines) is 2. The number of carbonyl (C=O) groups is 2. The Morgan fingerprint density at radius 1 is 0.956 bits per heavy atom. The summed E-state index contributed by atoms with van der Waals surface area (Å²) in [4.78, 5) is 48.0. The molecule has 2 aliphatic heterocycles. The van der Waals surface area contributed by atoms with Crippen molar-refractivity contribution in [1.82, 2.24) is 24.7 Å². The summed E-state index contributed by atoms with van der Waals surface area (Å²) in [7, 11) is 0. The second-order valence-corrected chi connectivity index (χ2v) is 13.5. The first-order chi connectivity index (χ1) is 21.7. The maximum atomic E-state index is 15.2. The van der Waals surface area contributed by atoms with Crippen molar-refractivity contribution in [3.05, 3.63) is 76.1 Å². The number of hydrogen-bond donors (Lipinski definition) is 1. The monoisotopic (exact) mass is 621 g/mol. The fraction of sp³-hybridized carbons (Fsp3) is 0.529. The van der Waals surface area contributed by atoms with E-state index in [1.54, 1.807) is 9.47 Å². The van der Waals surface area contributed by atoms with Gasteiger partial charge in [0.1, 0.15) is 17.5 Å². The molecule has 3 heterocycles. The van der Waals surface area contributed by atoms with E-state index >= 15 is 4.39 Å². The highest BCUT2D eigenvalue weighted by Gasteiger charge is 2.48. The fourth-order valence-electron chi connectivity index (χ4n) is 8.03. The zero-order chi connectivity index (χ0) is 31.3. The van der Waals surface area contributed by atoms with Gasteiger partial charge in [-0.2, -0.15) is 0 Å². The van der Waals surface area contributed by atoms with Crippen molar-refractivity contribution < 1.29 is 22.8 Å². The molecule has 2 aliphatic carbocycles. The van der Waals surface area contributed by atoms with Crippen molar-refractivity contribution in [1.29, 1.82) is 0 Å². The molecule has 4 fully saturated rings. The molecule has 11 heteroatoms. The van der Waals surface area contributed by atoms with Crippen LogP contribution in [0.5, 0.6) is 0 Å². The number of nitrogens with zero attached hydrogens (tertiary/aromatic N) is 4. The number of halogens is 3. The van der Waals surface area contributed by atoms with Crippen LogP contribution in [-0.2, 0) is 11.3 Å². The first-order valence-electron chi connectivity index (χ1n) is 16.2. The number of piperidine rings is 2. The van der Waals surface area contributed by atoms with Crippen LogP contribution in [0.4, 0.5) is 18.0 Å². The van der Waals surface area contributed by atoms with E-state index in [9.17, 15) is 23.2 Å². The van der Waals surface area contributed by atoms with Crippen LogP contribution >= 0.6 is 0 Å². The summed E-state index contributed by atoms with van der Waals surface area (Å²) in [6.07, 6.45) is 8.68. The zero-order valence-corrected chi connectivity index (χ0v) is 25.2. The van der Waals surface area contributed by atoms with Gasteiger partial charge in [0.05, 0.1) is 23.3 Å². The van der Waals surface area contributed by atoms with Gasteiger partial charge in [-0.15, -0.1) is 0 Å². The minimum Gasteiger partial charge on any atom is -0.353 e. The Hall–Kier alpha value is -3.89. The lowest BCUT2D eigenvalue weighted by Crippen LogP contribution is -2.57. The second-order valence-electron chi connectivity index (χ2n) is 13.5. The molecule has 3 aromatic rings. The van der Waals surface area contributed by atoms with Crippen LogP contribution in [0.3, 0.4) is 0 Å². The third-order valence-electron chi connectivity index (χ3n) is 10.7. The van der Waals surface area contributed by atoms with E-state index < -0.39 is 23.5 Å². The van der Waals surface area contributed by atoms with Crippen molar-refractivity contribution in [3.63, 3.8) is 0 Å². The molecule has 0 bridgehead atoms. The Morgan fingerprint density at radius 2 is 1.71 bits per heavy atom. The summed E-state index contributed by atoms with van der Waals surface area (Å²) in [5, 5.41) is 3.33. The van der Waals surface area contributed by atoms with Crippen molar-refractivity contribution in [2.24, 2.45) is 17.3 Å². The number of urea groups is 1. The second kappa shape index (κ2) is 11.8. The van der Waals surface area contributed by atoms with Crippen LogP contribution in [0.25, 0.3) is 10.9 Å². The molecule has 0 unspecified atom stereocenters. The van der Waals surface area contributed by atoms with Gasteiger partial charge in [0.2, 0.25) is 5.91 Å². The predicted molar refractivity (Wildman–Crippen MR) is 162 cm³/mol. The van der Waals surface area contributed by atoms with E-state index in [-0.39, 0.29) is 51.7 Å². The topological polar surface area (TPSA) is 87.5 Å². The highest BCUT2D eigenvalue weighted by molar-refractivity contribution is 5.81. The lowest BCUT2D eigenvalue weighted by Gasteiger charge is -2.49. The largest absolute Gasteiger partial charge is 0.353 e. The highest BCUT2D eigenvalue weighted by atomic mass is 19.1. The van der Waals surface area contributed by atoms with E-state index in [1.165, 1.54) is 24.5 Å². The average molecular weight is 622 g/mol. The van der Waals surface area contributed by atoms with Gasteiger partial charge < -0.3 is 15.1 Å². The molecule has 2 aromatic carbocycles. The molecule has 1 spiro atoms. The van der Waals surface area contributed by atoms with Gasteiger partial charge in [-0.3, -0.25) is 14.2 Å². The zero-order valence-electron chi connectivity index (χ0n) is 25.2. The highest BCUT2D eigenvalue weighted by Crippen LogP contribution is 2.49. The number of fused-ring (bicyclic) bond motifs is 1. The summed E-state index contributed by atoms with van der Waals surface area (Å²) >= 11 is 0. The lowest BCUT2D eigenvalue weighted by atomic mass is 9.69. The van der Waals surface area contributed by atoms with Crippen LogP contribution < -0.4 is 10.9 Å². The first-order valence-corrected chi connectivity index (χ1v) is 16.2. The molecule has 7 rings (SSSR count). The van der Waals surface area contributed by atoms with Crippen molar-refractivity contribution in [3.8, 4) is 0 Å². The molecule has 4 aliphatic rings. The molecule has 3 atom stereocenters. The van der Waals surface area contributed by atoms with Crippen molar-refractivity contribution in [2.75, 3.05) is 19.6 Å². The van der Waals surface area contributed by atoms with E-state index in [2.05, 4.69) is 10.3 Å². The molecule has 1 N–H and O–H groups in total. The number of aromatic nitrogens is 2. The molecule has 0 radical (unpaired) electrons. The molecule has 238 valence electrons. The summed E-state index contributed by atoms with van der Waals surface area (Å²) in [5.41, 5.74) is 0.107. The minimum absolute atomic E-state index is 0.00524. The van der Waals surface area contributed by atoms with Crippen LogP contribution in [0.15, 0.2) is 47.5 Å². The Labute approximate surface area is 259 Å². The van der Waals surface area contributed by atoms with Gasteiger partial charge in [0.15, 0.2) is 0 Å². The Bertz CT molecular complexity index is 1690. The molecule has 2 saturated carbocycles. The normalized spacial score (nSPS) is 24.7. The lowest BCUT2D eigenvalue weighted by molar-refractivity contribution is -0.123. The third kappa shape index (κ3) is 5.81. The summed E-state index contributed by atoms with van der Waals surface area (Å²) < 4.78 is 45.0. The maximum Gasteiger partial charge on any atom is 0.320 e. The number of carbonyl (C=O) groups excluding carboxylic acids is 2. The molecule has 2 saturated heterocycles. The van der Waals surface area contributed by atoms with Crippen molar-refractivity contribution >= 4 is 22.8 Å². The summed E-state index contributed by atoms with van der Waals surface area (Å²) in [5.74, 6) is -1.49.